The zero-order valence-corrected chi connectivity index (χ0v) is 13.4. The highest BCUT2D eigenvalue weighted by Crippen LogP contribution is 2.30. The molecule has 1 saturated heterocycles. The summed E-state index contributed by atoms with van der Waals surface area (Å²) >= 11 is 0. The number of amides is 1. The number of rotatable bonds is 5. The molecule has 0 radical (unpaired) electrons. The molecule has 1 aliphatic rings. The first-order valence-corrected chi connectivity index (χ1v) is 7.63. The second-order valence-electron chi connectivity index (χ2n) is 5.79. The van der Waals surface area contributed by atoms with Crippen LogP contribution in [-0.4, -0.2) is 60.9 Å². The summed E-state index contributed by atoms with van der Waals surface area (Å²) in [5.41, 5.74) is 7.04. The highest BCUT2D eigenvalue weighted by Gasteiger charge is 2.45. The summed E-state index contributed by atoms with van der Waals surface area (Å²) in [4.78, 5) is 15.7. The maximum absolute atomic E-state index is 11.7. The predicted octanol–water partition coefficient (Wildman–Crippen LogP) is -0.959. The molecule has 10 heteroatoms. The fraction of sp³-hybridized carbons (Fsp3) is 0.400. The van der Waals surface area contributed by atoms with Crippen LogP contribution in [0.25, 0.3) is 0 Å². The van der Waals surface area contributed by atoms with E-state index < -0.39 is 37.1 Å². The molecule has 1 fully saturated rings. The Bertz CT molecular complexity index is 779. The fourth-order valence-electron chi connectivity index (χ4n) is 2.66. The number of aryl methyl sites for hydroxylation is 1. The largest absolute Gasteiger partial charge is 0.394 e. The molecular weight excluding hydrogens is 330 g/mol. The third-order valence-electron chi connectivity index (χ3n) is 3.88. The number of aliphatic hydroxyl groups excluding tert-OH is 3. The molecule has 0 unspecified atom stereocenters. The van der Waals surface area contributed by atoms with Crippen LogP contribution in [0, 0.1) is 6.92 Å². The Morgan fingerprint density at radius 1 is 1.40 bits per heavy atom. The Kier molecular flexibility index (Phi) is 4.68. The molecule has 3 rings (SSSR count). The molecule has 4 atom stereocenters. The SMILES string of the molecule is Cc1cccc(Nc2nc(C(N)=O)n([C@@H]3O[C@H](CO)[C@@H](O)[C@H]3O)n2)c1. The third kappa shape index (κ3) is 3.33. The summed E-state index contributed by atoms with van der Waals surface area (Å²) in [6.45, 7) is 1.43. The normalized spacial score (nSPS) is 25.9. The van der Waals surface area contributed by atoms with Crippen molar-refractivity contribution in [1.29, 1.82) is 0 Å². The highest BCUT2D eigenvalue weighted by atomic mass is 16.6. The number of ether oxygens (including phenoxy) is 1. The van der Waals surface area contributed by atoms with Crippen molar-refractivity contribution >= 4 is 17.5 Å². The minimum atomic E-state index is -1.40. The van der Waals surface area contributed by atoms with Gasteiger partial charge < -0.3 is 31.1 Å². The number of carbonyl (C=O) groups excluding carboxylic acids is 1. The molecule has 1 aromatic carbocycles. The lowest BCUT2D eigenvalue weighted by Gasteiger charge is -2.15. The average Bonchev–Trinajstić information content (AvgIpc) is 3.10. The Hall–Kier alpha value is -2.53. The second kappa shape index (κ2) is 6.76. The van der Waals surface area contributed by atoms with Crippen LogP contribution < -0.4 is 11.1 Å². The lowest BCUT2D eigenvalue weighted by Crippen LogP contribution is -2.34. The number of hydrogen-bond acceptors (Lipinski definition) is 8. The molecule has 1 aromatic heterocycles. The van der Waals surface area contributed by atoms with E-state index in [2.05, 4.69) is 15.4 Å². The average molecular weight is 349 g/mol. The first kappa shape index (κ1) is 17.3. The van der Waals surface area contributed by atoms with Crippen LogP contribution in [0.15, 0.2) is 24.3 Å². The Morgan fingerprint density at radius 2 is 2.16 bits per heavy atom. The lowest BCUT2D eigenvalue weighted by molar-refractivity contribution is -0.0594. The van der Waals surface area contributed by atoms with E-state index in [4.69, 9.17) is 10.5 Å². The van der Waals surface area contributed by atoms with Gasteiger partial charge in [-0.3, -0.25) is 4.79 Å². The van der Waals surface area contributed by atoms with E-state index in [1.807, 2.05) is 25.1 Å². The molecule has 134 valence electrons. The number of nitrogens with zero attached hydrogens (tertiary/aromatic N) is 3. The summed E-state index contributed by atoms with van der Waals surface area (Å²) < 4.78 is 6.37. The van der Waals surface area contributed by atoms with Gasteiger partial charge in [0.25, 0.3) is 5.91 Å². The molecule has 1 amide bonds. The summed E-state index contributed by atoms with van der Waals surface area (Å²) in [5, 5.41) is 36.2. The van der Waals surface area contributed by atoms with E-state index in [0.717, 1.165) is 10.2 Å². The van der Waals surface area contributed by atoms with E-state index in [0.29, 0.717) is 5.69 Å². The Labute approximate surface area is 142 Å². The minimum absolute atomic E-state index is 0.0807. The monoisotopic (exact) mass is 349 g/mol. The first-order chi connectivity index (χ1) is 11.9. The van der Waals surface area contributed by atoms with Crippen molar-refractivity contribution in [3.63, 3.8) is 0 Å². The number of primary amides is 1. The molecule has 0 bridgehead atoms. The third-order valence-corrected chi connectivity index (χ3v) is 3.88. The van der Waals surface area contributed by atoms with Gasteiger partial charge in [0.2, 0.25) is 11.8 Å². The molecule has 0 saturated carbocycles. The maximum atomic E-state index is 11.7. The number of anilines is 2. The first-order valence-electron chi connectivity index (χ1n) is 7.63. The summed E-state index contributed by atoms with van der Waals surface area (Å²) in [5.74, 6) is -1.04. The molecule has 2 aromatic rings. The number of nitrogens with two attached hydrogens (primary N) is 1. The molecule has 1 aliphatic heterocycles. The molecule has 0 spiro atoms. The summed E-state index contributed by atoms with van der Waals surface area (Å²) in [6.07, 6.45) is -4.93. The van der Waals surface area contributed by atoms with Crippen molar-refractivity contribution in [2.45, 2.75) is 31.5 Å². The van der Waals surface area contributed by atoms with Crippen molar-refractivity contribution in [3.05, 3.63) is 35.7 Å². The number of nitrogens with one attached hydrogen (secondary N) is 1. The predicted molar refractivity (Wildman–Crippen MR) is 86.0 cm³/mol. The Balaban J connectivity index is 1.92. The van der Waals surface area contributed by atoms with Crippen LogP contribution in [0.4, 0.5) is 11.6 Å². The van der Waals surface area contributed by atoms with Gasteiger partial charge in [-0.25, -0.2) is 4.68 Å². The number of benzene rings is 1. The van der Waals surface area contributed by atoms with Crippen molar-refractivity contribution < 1.29 is 24.9 Å². The Morgan fingerprint density at radius 3 is 2.76 bits per heavy atom. The van der Waals surface area contributed by atoms with Gasteiger partial charge in [-0.1, -0.05) is 12.1 Å². The van der Waals surface area contributed by atoms with Crippen LogP contribution >= 0.6 is 0 Å². The molecule has 2 heterocycles. The smallest absolute Gasteiger partial charge is 0.286 e. The lowest BCUT2D eigenvalue weighted by atomic mass is 10.1. The number of hydrogen-bond donors (Lipinski definition) is 5. The fourth-order valence-corrected chi connectivity index (χ4v) is 2.66. The number of aromatic nitrogens is 3. The maximum Gasteiger partial charge on any atom is 0.286 e. The van der Waals surface area contributed by atoms with Crippen LogP contribution in [0.1, 0.15) is 22.4 Å². The molecule has 0 aliphatic carbocycles. The molecular formula is C15H19N5O5. The van der Waals surface area contributed by atoms with E-state index in [1.165, 1.54) is 0 Å². The van der Waals surface area contributed by atoms with Crippen LogP contribution in [-0.2, 0) is 4.74 Å². The van der Waals surface area contributed by atoms with Crippen LogP contribution in [0.2, 0.25) is 0 Å². The zero-order chi connectivity index (χ0) is 18.1. The van der Waals surface area contributed by atoms with Crippen LogP contribution in [0.3, 0.4) is 0 Å². The van der Waals surface area contributed by atoms with Gasteiger partial charge in [-0.15, -0.1) is 5.10 Å². The number of carbonyl (C=O) groups is 1. The highest BCUT2D eigenvalue weighted by molar-refractivity contribution is 5.89. The van der Waals surface area contributed by atoms with E-state index in [1.54, 1.807) is 6.07 Å². The minimum Gasteiger partial charge on any atom is -0.394 e. The van der Waals surface area contributed by atoms with E-state index in [9.17, 15) is 20.1 Å². The topological polar surface area (TPSA) is 156 Å². The molecule has 6 N–H and O–H groups in total. The van der Waals surface area contributed by atoms with Gasteiger partial charge in [-0.2, -0.15) is 4.98 Å². The second-order valence-corrected chi connectivity index (χ2v) is 5.79. The van der Waals surface area contributed by atoms with Gasteiger partial charge in [0.1, 0.15) is 18.3 Å². The number of aliphatic hydroxyl groups is 3. The van der Waals surface area contributed by atoms with Gasteiger partial charge >= 0.3 is 0 Å². The summed E-state index contributed by atoms with van der Waals surface area (Å²) in [7, 11) is 0. The molecule has 25 heavy (non-hydrogen) atoms. The van der Waals surface area contributed by atoms with Gasteiger partial charge in [-0.05, 0) is 24.6 Å². The van der Waals surface area contributed by atoms with E-state index >= 15 is 0 Å². The quantitative estimate of drug-likeness (QED) is 0.462. The van der Waals surface area contributed by atoms with Crippen molar-refractivity contribution in [3.8, 4) is 0 Å². The van der Waals surface area contributed by atoms with Gasteiger partial charge in [0.05, 0.1) is 6.61 Å². The molecule has 10 nitrogen and oxygen atoms in total. The van der Waals surface area contributed by atoms with Crippen molar-refractivity contribution in [2.75, 3.05) is 11.9 Å². The standard InChI is InChI=1S/C15H19N5O5/c1-7-3-2-4-8(5-7)17-15-18-13(12(16)24)20(19-15)14-11(23)10(22)9(6-21)25-14/h2-5,9-11,14,21-23H,6H2,1H3,(H2,16,24)(H,17,19)/t9-,10-,11-,14-/m1/s1. The zero-order valence-electron chi connectivity index (χ0n) is 13.4. The van der Waals surface area contributed by atoms with Gasteiger partial charge in [0, 0.05) is 5.69 Å². The van der Waals surface area contributed by atoms with Crippen molar-refractivity contribution in [2.24, 2.45) is 5.73 Å². The van der Waals surface area contributed by atoms with E-state index in [-0.39, 0.29) is 11.8 Å². The van der Waals surface area contributed by atoms with Crippen LogP contribution in [0.5, 0.6) is 0 Å². The van der Waals surface area contributed by atoms with Crippen molar-refractivity contribution in [1.82, 2.24) is 14.8 Å². The van der Waals surface area contributed by atoms with Gasteiger partial charge in [0.15, 0.2) is 6.23 Å². The summed E-state index contributed by atoms with van der Waals surface area (Å²) in [6, 6.07) is 7.42.